The number of unbranched alkanes of at least 4 members (excludes halogenated alkanes) is 11. The lowest BCUT2D eigenvalue weighted by Crippen LogP contribution is -2.28. The minimum atomic E-state index is -3.94. The van der Waals surface area contributed by atoms with E-state index < -0.39 is 10.1 Å². The molecule has 27 heavy (non-hydrogen) atoms. The molecule has 0 saturated carbocycles. The minimum absolute atomic E-state index is 0.1000. The van der Waals surface area contributed by atoms with Gasteiger partial charge in [0.15, 0.2) is 0 Å². The number of rotatable bonds is 20. The highest BCUT2D eigenvalue weighted by Gasteiger charge is 2.05. The van der Waals surface area contributed by atoms with Gasteiger partial charge >= 0.3 is 0 Å². The molecular weight excluding hydrogens is 362 g/mol. The quantitative estimate of drug-likeness (QED) is 0.168. The number of hydrogen-bond donors (Lipinski definition) is 2. The van der Waals surface area contributed by atoms with Crippen LogP contribution in [0.15, 0.2) is 12.2 Å². The van der Waals surface area contributed by atoms with E-state index in [1.165, 1.54) is 57.8 Å². The van der Waals surface area contributed by atoms with Crippen molar-refractivity contribution in [3.05, 3.63) is 12.2 Å². The van der Waals surface area contributed by atoms with Crippen molar-refractivity contribution in [3.8, 4) is 0 Å². The van der Waals surface area contributed by atoms with Crippen molar-refractivity contribution in [3.63, 3.8) is 0 Å². The molecular formula is C21H41NO4S. The first-order valence-corrected chi connectivity index (χ1v) is 12.4. The highest BCUT2D eigenvalue weighted by Crippen LogP contribution is 2.10. The predicted octanol–water partition coefficient (Wildman–Crippen LogP) is 5.07. The van der Waals surface area contributed by atoms with E-state index in [-0.39, 0.29) is 24.6 Å². The molecule has 0 bridgehead atoms. The molecule has 0 fully saturated rings. The molecule has 0 atom stereocenters. The van der Waals surface area contributed by atoms with Gasteiger partial charge in [0, 0.05) is 13.0 Å². The van der Waals surface area contributed by atoms with Crippen LogP contribution in [0.1, 0.15) is 96.8 Å². The van der Waals surface area contributed by atoms with E-state index in [0.717, 1.165) is 25.7 Å². The van der Waals surface area contributed by atoms with Crippen LogP contribution in [0.25, 0.3) is 0 Å². The Bertz CT molecular complexity index is 475. The molecule has 0 unspecified atom stereocenters. The van der Waals surface area contributed by atoms with Crippen molar-refractivity contribution in [2.75, 3.05) is 18.8 Å². The third kappa shape index (κ3) is 23.2. The topological polar surface area (TPSA) is 83.5 Å². The number of nitrogens with one attached hydrogen (secondary N) is 1. The fourth-order valence-corrected chi connectivity index (χ4v) is 3.31. The van der Waals surface area contributed by atoms with Crippen molar-refractivity contribution in [1.82, 2.24) is 5.32 Å². The summed E-state index contributed by atoms with van der Waals surface area (Å²) in [6.45, 7) is 2.54. The summed E-state index contributed by atoms with van der Waals surface area (Å²) in [5, 5.41) is 2.75. The van der Waals surface area contributed by atoms with Gasteiger partial charge < -0.3 is 5.32 Å². The van der Waals surface area contributed by atoms with Gasteiger partial charge in [-0.2, -0.15) is 8.42 Å². The third-order valence-corrected chi connectivity index (χ3v) is 5.30. The van der Waals surface area contributed by atoms with Crippen LogP contribution in [0, 0.1) is 0 Å². The first-order valence-electron chi connectivity index (χ1n) is 10.8. The van der Waals surface area contributed by atoms with Crippen molar-refractivity contribution in [2.45, 2.75) is 96.8 Å². The van der Waals surface area contributed by atoms with Crippen LogP contribution >= 0.6 is 0 Å². The van der Waals surface area contributed by atoms with Crippen LogP contribution in [-0.4, -0.2) is 37.6 Å². The molecule has 0 aliphatic rings. The molecule has 0 rings (SSSR count). The maximum absolute atomic E-state index is 11.6. The summed E-state index contributed by atoms with van der Waals surface area (Å²) in [7, 11) is -3.94. The normalized spacial score (nSPS) is 12.1. The van der Waals surface area contributed by atoms with Crippen molar-refractivity contribution < 1.29 is 17.8 Å². The number of ketones is 1. The molecule has 160 valence electrons. The molecule has 2 N–H and O–H groups in total. The van der Waals surface area contributed by atoms with Gasteiger partial charge in [-0.25, -0.2) is 0 Å². The zero-order valence-corrected chi connectivity index (χ0v) is 18.1. The maximum Gasteiger partial charge on any atom is 0.266 e. The zero-order chi connectivity index (χ0) is 20.2. The van der Waals surface area contributed by atoms with E-state index >= 15 is 0 Å². The summed E-state index contributed by atoms with van der Waals surface area (Å²) in [5.41, 5.74) is 0. The van der Waals surface area contributed by atoms with E-state index in [1.807, 2.05) is 0 Å². The Kier molecular flexibility index (Phi) is 18.1. The summed E-state index contributed by atoms with van der Waals surface area (Å²) in [6.07, 6.45) is 21.2. The molecule has 0 aromatic heterocycles. The standard InChI is InChI=1S/C21H41NO4S/c1-2-3-4-5-6-7-8-9-10-11-12-13-14-15-16-17-21(23)20-22-18-19-27(24,25)26/h9-10,22H,2-8,11-20H2,1H3,(H,24,25,26). The Morgan fingerprint density at radius 3 is 1.93 bits per heavy atom. The molecule has 5 nitrogen and oxygen atoms in total. The smallest absolute Gasteiger partial charge is 0.266 e. The van der Waals surface area contributed by atoms with Crippen molar-refractivity contribution in [2.24, 2.45) is 0 Å². The van der Waals surface area contributed by atoms with E-state index in [1.54, 1.807) is 0 Å². The van der Waals surface area contributed by atoms with Crippen molar-refractivity contribution in [1.29, 1.82) is 0 Å². The Labute approximate surface area is 167 Å². The summed E-state index contributed by atoms with van der Waals surface area (Å²) < 4.78 is 29.6. The lowest BCUT2D eigenvalue weighted by molar-refractivity contribution is -0.118. The highest BCUT2D eigenvalue weighted by atomic mass is 32.2. The van der Waals surface area contributed by atoms with Crippen LogP contribution in [0.5, 0.6) is 0 Å². The van der Waals surface area contributed by atoms with E-state index in [9.17, 15) is 13.2 Å². The second-order valence-corrected chi connectivity index (χ2v) is 8.91. The lowest BCUT2D eigenvalue weighted by atomic mass is 10.1. The average Bonchev–Trinajstić information content (AvgIpc) is 2.61. The highest BCUT2D eigenvalue weighted by molar-refractivity contribution is 7.85. The summed E-state index contributed by atoms with van der Waals surface area (Å²) in [4.78, 5) is 11.6. The summed E-state index contributed by atoms with van der Waals surface area (Å²) in [6, 6.07) is 0. The lowest BCUT2D eigenvalue weighted by Gasteiger charge is -2.03. The Balaban J connectivity index is 3.28. The minimum Gasteiger partial charge on any atom is -0.309 e. The monoisotopic (exact) mass is 403 g/mol. The summed E-state index contributed by atoms with van der Waals surface area (Å²) in [5.74, 6) is -0.254. The first kappa shape index (κ1) is 26.3. The van der Waals surface area contributed by atoms with Crippen LogP contribution in [0.4, 0.5) is 0 Å². The zero-order valence-electron chi connectivity index (χ0n) is 17.3. The Hall–Kier alpha value is -0.720. The van der Waals surface area contributed by atoms with Crippen LogP contribution in [0.3, 0.4) is 0 Å². The second-order valence-electron chi connectivity index (χ2n) is 7.34. The average molecular weight is 404 g/mol. The van der Waals surface area contributed by atoms with Crippen LogP contribution in [-0.2, 0) is 14.9 Å². The molecule has 0 radical (unpaired) electrons. The number of hydrogen-bond acceptors (Lipinski definition) is 4. The van der Waals surface area contributed by atoms with E-state index in [2.05, 4.69) is 24.4 Å². The molecule has 0 aliphatic carbocycles. The first-order chi connectivity index (χ1) is 13.0. The van der Waals surface area contributed by atoms with Gasteiger partial charge in [-0.05, 0) is 32.1 Å². The fraction of sp³-hybridized carbons (Fsp3) is 0.857. The number of allylic oxidation sites excluding steroid dienone is 2. The largest absolute Gasteiger partial charge is 0.309 e. The van der Waals surface area contributed by atoms with Crippen LogP contribution in [0.2, 0.25) is 0 Å². The summed E-state index contributed by atoms with van der Waals surface area (Å²) >= 11 is 0. The molecule has 0 spiro atoms. The SMILES string of the molecule is CCCCCCCCC=CCCCCCCCC(=O)CNCCS(=O)(=O)O. The molecule has 0 saturated heterocycles. The number of carbonyl (C=O) groups is 1. The molecule has 6 heteroatoms. The third-order valence-electron chi connectivity index (χ3n) is 4.58. The molecule has 0 aromatic rings. The van der Waals surface area contributed by atoms with Gasteiger partial charge in [0.1, 0.15) is 5.78 Å². The van der Waals surface area contributed by atoms with Gasteiger partial charge in [-0.3, -0.25) is 9.35 Å². The maximum atomic E-state index is 11.6. The Morgan fingerprint density at radius 1 is 0.852 bits per heavy atom. The predicted molar refractivity (Wildman–Crippen MR) is 114 cm³/mol. The van der Waals surface area contributed by atoms with E-state index in [0.29, 0.717) is 6.42 Å². The molecule has 0 heterocycles. The van der Waals surface area contributed by atoms with Gasteiger partial charge in [0.2, 0.25) is 0 Å². The molecule has 0 aliphatic heterocycles. The number of Topliss-reactive ketones (excluding diaryl/α,β-unsaturated/α-hetero) is 1. The molecule has 0 amide bonds. The van der Waals surface area contributed by atoms with Gasteiger partial charge in [-0.1, -0.05) is 70.4 Å². The van der Waals surface area contributed by atoms with Gasteiger partial charge in [-0.15, -0.1) is 0 Å². The Morgan fingerprint density at radius 2 is 1.37 bits per heavy atom. The van der Waals surface area contributed by atoms with Crippen LogP contribution < -0.4 is 5.32 Å². The number of carbonyl (C=O) groups excluding carboxylic acids is 1. The molecule has 0 aromatic carbocycles. The van der Waals surface area contributed by atoms with Gasteiger partial charge in [0.05, 0.1) is 12.3 Å². The van der Waals surface area contributed by atoms with Crippen molar-refractivity contribution >= 4 is 15.9 Å². The second kappa shape index (κ2) is 18.6. The van der Waals surface area contributed by atoms with Gasteiger partial charge in [0.25, 0.3) is 10.1 Å². The fourth-order valence-electron chi connectivity index (χ4n) is 2.91. The van der Waals surface area contributed by atoms with E-state index in [4.69, 9.17) is 4.55 Å².